The van der Waals surface area contributed by atoms with Crippen LogP contribution in [0, 0.1) is 6.92 Å². The molecule has 1 fully saturated rings. The maximum Gasteiger partial charge on any atom is 0.347 e. The van der Waals surface area contributed by atoms with Gasteiger partial charge in [0.05, 0.1) is 6.54 Å². The summed E-state index contributed by atoms with van der Waals surface area (Å²) < 4.78 is 25.8. The Kier molecular flexibility index (Phi) is 4.35. The average molecular weight is 332 g/mol. The third-order valence-electron chi connectivity index (χ3n) is 3.09. The molecule has 0 atom stereocenters. The number of thiophene rings is 1. The van der Waals surface area contributed by atoms with E-state index in [9.17, 15) is 18.0 Å². The van der Waals surface area contributed by atoms with Crippen molar-refractivity contribution in [1.82, 2.24) is 9.62 Å². The lowest BCUT2D eigenvalue weighted by Crippen LogP contribution is -2.39. The number of carboxylic acids is 1. The fourth-order valence-corrected chi connectivity index (χ4v) is 4.55. The van der Waals surface area contributed by atoms with Gasteiger partial charge in [-0.1, -0.05) is 0 Å². The number of likely N-dealkylation sites (N-methyl/N-ethyl adjacent to an activating group) is 1. The zero-order chi connectivity index (χ0) is 15.8. The lowest BCUT2D eigenvalue weighted by Gasteiger charge is -2.17. The lowest BCUT2D eigenvalue weighted by molar-refractivity contribution is -0.121. The molecule has 0 radical (unpaired) electrons. The number of rotatable bonds is 6. The average Bonchev–Trinajstić information content (AvgIpc) is 3.07. The minimum atomic E-state index is -4.01. The standard InChI is InChI=1S/C12H16N2O5S2/c1-7-6-20-10(12(16)17)11(7)21(18,19)14(2)5-9(15)13-8-3-4-8/h6,8H,3-5H2,1-2H3,(H,13,15)(H,16,17). The van der Waals surface area contributed by atoms with Crippen LogP contribution in [0.3, 0.4) is 0 Å². The Balaban J connectivity index is 2.22. The van der Waals surface area contributed by atoms with Crippen LogP contribution in [0.1, 0.15) is 28.1 Å². The van der Waals surface area contributed by atoms with Gasteiger partial charge in [0.25, 0.3) is 0 Å². The molecule has 0 saturated heterocycles. The first kappa shape index (κ1) is 15.9. The number of aryl methyl sites for hydroxylation is 1. The molecule has 1 aliphatic rings. The molecule has 0 aromatic carbocycles. The summed E-state index contributed by atoms with van der Waals surface area (Å²) in [5.41, 5.74) is 0.367. The molecule has 0 bridgehead atoms. The summed E-state index contributed by atoms with van der Waals surface area (Å²) in [6.07, 6.45) is 1.82. The molecule has 0 unspecified atom stereocenters. The molecule has 9 heteroatoms. The van der Waals surface area contributed by atoms with Gasteiger partial charge in [0.15, 0.2) is 0 Å². The van der Waals surface area contributed by atoms with E-state index in [2.05, 4.69) is 5.32 Å². The molecule has 0 spiro atoms. The number of hydrogen-bond donors (Lipinski definition) is 2. The van der Waals surface area contributed by atoms with Crippen LogP contribution in [0.15, 0.2) is 10.3 Å². The van der Waals surface area contributed by atoms with Crippen LogP contribution >= 0.6 is 11.3 Å². The smallest absolute Gasteiger partial charge is 0.347 e. The first-order valence-electron chi connectivity index (χ1n) is 6.30. The number of aromatic carboxylic acids is 1. The Hall–Kier alpha value is -1.45. The van der Waals surface area contributed by atoms with Crippen molar-refractivity contribution >= 4 is 33.2 Å². The van der Waals surface area contributed by atoms with E-state index in [1.54, 1.807) is 0 Å². The summed E-state index contributed by atoms with van der Waals surface area (Å²) in [6, 6.07) is 0.145. The quantitative estimate of drug-likeness (QED) is 0.796. The molecule has 1 aliphatic carbocycles. The number of carbonyl (C=O) groups is 2. The van der Waals surface area contributed by atoms with Crippen molar-refractivity contribution < 1.29 is 23.1 Å². The molecule has 0 aliphatic heterocycles. The Morgan fingerprint density at radius 3 is 2.62 bits per heavy atom. The van der Waals surface area contributed by atoms with Gasteiger partial charge in [-0.05, 0) is 30.7 Å². The van der Waals surface area contributed by atoms with E-state index < -0.39 is 16.0 Å². The predicted molar refractivity (Wildman–Crippen MR) is 77.0 cm³/mol. The van der Waals surface area contributed by atoms with E-state index in [-0.39, 0.29) is 28.3 Å². The molecular formula is C12H16N2O5S2. The van der Waals surface area contributed by atoms with Crippen LogP contribution < -0.4 is 5.32 Å². The Labute approximate surface area is 126 Å². The molecule has 21 heavy (non-hydrogen) atoms. The molecule has 7 nitrogen and oxygen atoms in total. The number of amides is 1. The summed E-state index contributed by atoms with van der Waals surface area (Å²) in [6.45, 7) is 1.21. The fourth-order valence-electron chi connectivity index (χ4n) is 1.85. The van der Waals surface area contributed by atoms with Gasteiger partial charge in [-0.2, -0.15) is 4.31 Å². The van der Waals surface area contributed by atoms with Crippen molar-refractivity contribution in [2.45, 2.75) is 30.7 Å². The number of nitrogens with one attached hydrogen (secondary N) is 1. The minimum absolute atomic E-state index is 0.145. The maximum absolute atomic E-state index is 12.5. The van der Waals surface area contributed by atoms with Gasteiger partial charge < -0.3 is 10.4 Å². The Morgan fingerprint density at radius 2 is 2.10 bits per heavy atom. The van der Waals surface area contributed by atoms with E-state index in [0.29, 0.717) is 5.56 Å². The van der Waals surface area contributed by atoms with Crippen molar-refractivity contribution in [1.29, 1.82) is 0 Å². The first-order valence-corrected chi connectivity index (χ1v) is 8.62. The van der Waals surface area contributed by atoms with Crippen LogP contribution in [0.2, 0.25) is 0 Å². The van der Waals surface area contributed by atoms with Gasteiger partial charge in [0, 0.05) is 13.1 Å². The van der Waals surface area contributed by atoms with E-state index >= 15 is 0 Å². The van der Waals surface area contributed by atoms with Gasteiger partial charge in [0.2, 0.25) is 15.9 Å². The van der Waals surface area contributed by atoms with Crippen LogP contribution in [-0.4, -0.2) is 49.3 Å². The third kappa shape index (κ3) is 3.42. The highest BCUT2D eigenvalue weighted by Gasteiger charge is 2.32. The fraction of sp³-hybridized carbons (Fsp3) is 0.500. The predicted octanol–water partition coefficient (Wildman–Crippen LogP) is 0.654. The largest absolute Gasteiger partial charge is 0.477 e. The second-order valence-corrected chi connectivity index (χ2v) is 7.85. The van der Waals surface area contributed by atoms with Crippen LogP contribution in [0.4, 0.5) is 0 Å². The summed E-state index contributed by atoms with van der Waals surface area (Å²) >= 11 is 0.862. The molecular weight excluding hydrogens is 316 g/mol. The zero-order valence-corrected chi connectivity index (χ0v) is 13.3. The van der Waals surface area contributed by atoms with Gasteiger partial charge in [0.1, 0.15) is 9.77 Å². The molecule has 2 N–H and O–H groups in total. The van der Waals surface area contributed by atoms with Crippen LogP contribution in [-0.2, 0) is 14.8 Å². The Bertz CT molecular complexity index is 676. The zero-order valence-electron chi connectivity index (χ0n) is 11.6. The second-order valence-electron chi connectivity index (χ2n) is 4.98. The maximum atomic E-state index is 12.5. The van der Waals surface area contributed by atoms with E-state index in [4.69, 9.17) is 5.11 Å². The number of hydrogen-bond acceptors (Lipinski definition) is 5. The highest BCUT2D eigenvalue weighted by molar-refractivity contribution is 7.89. The summed E-state index contributed by atoms with van der Waals surface area (Å²) in [5, 5.41) is 13.3. The third-order valence-corrected chi connectivity index (χ3v) is 6.30. The first-order chi connectivity index (χ1) is 9.73. The monoisotopic (exact) mass is 332 g/mol. The van der Waals surface area contributed by atoms with Crippen molar-refractivity contribution in [3.63, 3.8) is 0 Å². The van der Waals surface area contributed by atoms with E-state index in [1.165, 1.54) is 19.4 Å². The number of sulfonamides is 1. The van der Waals surface area contributed by atoms with Crippen molar-refractivity contribution in [2.24, 2.45) is 0 Å². The number of nitrogens with zero attached hydrogens (tertiary/aromatic N) is 1. The highest BCUT2D eigenvalue weighted by atomic mass is 32.2. The van der Waals surface area contributed by atoms with Gasteiger partial charge in [-0.15, -0.1) is 11.3 Å². The summed E-state index contributed by atoms with van der Waals surface area (Å²) in [7, 11) is -2.74. The van der Waals surface area contributed by atoms with Crippen molar-refractivity contribution in [2.75, 3.05) is 13.6 Å². The number of carboxylic acid groups (broad SMARTS) is 1. The van der Waals surface area contributed by atoms with Crippen LogP contribution in [0.25, 0.3) is 0 Å². The molecule has 1 heterocycles. The van der Waals surface area contributed by atoms with Gasteiger partial charge >= 0.3 is 5.97 Å². The van der Waals surface area contributed by atoms with Crippen molar-refractivity contribution in [3.05, 3.63) is 15.8 Å². The van der Waals surface area contributed by atoms with E-state index in [0.717, 1.165) is 28.5 Å². The van der Waals surface area contributed by atoms with Gasteiger partial charge in [-0.3, -0.25) is 4.79 Å². The molecule has 1 aromatic rings. The SMILES string of the molecule is Cc1csc(C(=O)O)c1S(=O)(=O)N(C)CC(=O)NC1CC1. The van der Waals surface area contributed by atoms with Crippen LogP contribution in [0.5, 0.6) is 0 Å². The summed E-state index contributed by atoms with van der Waals surface area (Å²) in [5.74, 6) is -1.67. The van der Waals surface area contributed by atoms with Gasteiger partial charge in [-0.25, -0.2) is 13.2 Å². The lowest BCUT2D eigenvalue weighted by atomic mass is 10.3. The molecule has 116 valence electrons. The molecule has 1 aromatic heterocycles. The highest BCUT2D eigenvalue weighted by Crippen LogP contribution is 2.29. The molecule has 1 amide bonds. The topological polar surface area (TPSA) is 104 Å². The molecule has 2 rings (SSSR count). The summed E-state index contributed by atoms with van der Waals surface area (Å²) in [4.78, 5) is 22.4. The Morgan fingerprint density at radius 1 is 1.48 bits per heavy atom. The minimum Gasteiger partial charge on any atom is -0.477 e. The second kappa shape index (κ2) is 5.74. The number of carbonyl (C=O) groups excluding carboxylic acids is 1. The normalized spacial score (nSPS) is 15.2. The van der Waals surface area contributed by atoms with Crippen molar-refractivity contribution in [3.8, 4) is 0 Å². The molecule has 1 saturated carbocycles. The van der Waals surface area contributed by atoms with E-state index in [1.807, 2.05) is 0 Å².